The lowest BCUT2D eigenvalue weighted by atomic mass is 9.55. The number of carbonyl (C=O) groups is 1. The van der Waals surface area contributed by atoms with Crippen molar-refractivity contribution in [3.8, 4) is 5.75 Å². The van der Waals surface area contributed by atoms with E-state index in [-0.39, 0.29) is 24.1 Å². The van der Waals surface area contributed by atoms with Gasteiger partial charge in [-0.05, 0) is 118 Å². The van der Waals surface area contributed by atoms with Gasteiger partial charge in [-0.25, -0.2) is 0 Å². The topological polar surface area (TPSA) is 60.5 Å². The van der Waals surface area contributed by atoms with E-state index in [1.54, 1.807) is 0 Å². The second kappa shape index (κ2) is 17.5. The summed E-state index contributed by atoms with van der Waals surface area (Å²) < 4.78 is 139. The van der Waals surface area contributed by atoms with Crippen LogP contribution < -0.4 is 4.74 Å². The Hall–Kier alpha value is -2.30. The normalized spacial score (nSPS) is 26.9. The number of piperazine rings is 1. The Morgan fingerprint density at radius 2 is 1.46 bits per heavy atom. The summed E-state index contributed by atoms with van der Waals surface area (Å²) in [5, 5.41) is 0. The predicted molar refractivity (Wildman–Crippen MR) is 181 cm³/mol. The number of benzene rings is 1. The zero-order chi connectivity index (χ0) is 39.4. The van der Waals surface area contributed by atoms with Crippen molar-refractivity contribution in [3.63, 3.8) is 0 Å². The van der Waals surface area contributed by atoms with Gasteiger partial charge in [-0.15, -0.1) is 0 Å². The maximum atomic E-state index is 13.2. The summed E-state index contributed by atoms with van der Waals surface area (Å²) in [4.78, 5) is 16.4. The fourth-order valence-corrected chi connectivity index (χ4v) is 9.51. The van der Waals surface area contributed by atoms with Gasteiger partial charge in [0, 0.05) is 45.8 Å². The number of aryl methyl sites for hydroxylation is 1. The standard InChI is InChI=1S/C38H53F9N2O5/c1-3-51-33(50)7-4-16-48-18-20-49(21-19-48)17-5-22-52-27-9-11-28-26(25-27)8-10-30-29(28)14-15-34(2)31(30)12-13-32(34)53-23-6-24-54-35(36(39,40)41,37(42,43)44)38(45,46)47/h9,11,25,29-32H,3-8,10,12-24H2,1-2H3/t29?,30?,31?,32-,34-/m0/s1. The van der Waals surface area contributed by atoms with Gasteiger partial charge in [-0.3, -0.25) is 4.79 Å². The van der Waals surface area contributed by atoms with E-state index in [4.69, 9.17) is 14.2 Å². The van der Waals surface area contributed by atoms with Crippen LogP contribution in [0.15, 0.2) is 18.2 Å². The molecular formula is C38H53F9N2O5. The van der Waals surface area contributed by atoms with Crippen LogP contribution in [0.3, 0.4) is 0 Å². The van der Waals surface area contributed by atoms with Gasteiger partial charge in [0.2, 0.25) is 0 Å². The number of halogens is 9. The van der Waals surface area contributed by atoms with Gasteiger partial charge >= 0.3 is 30.1 Å². The van der Waals surface area contributed by atoms with E-state index >= 15 is 0 Å². The molecule has 5 atom stereocenters. The number of hydrogen-bond acceptors (Lipinski definition) is 7. The average Bonchev–Trinajstić information content (AvgIpc) is 3.43. The minimum Gasteiger partial charge on any atom is -0.494 e. The van der Waals surface area contributed by atoms with E-state index in [0.717, 1.165) is 90.0 Å². The highest BCUT2D eigenvalue weighted by Gasteiger charge is 2.85. The second-order valence-electron chi connectivity index (χ2n) is 15.4. The summed E-state index contributed by atoms with van der Waals surface area (Å²) >= 11 is 0. The first kappa shape index (κ1) is 42.8. The lowest BCUT2D eigenvalue weighted by Gasteiger charge is -2.50. The Labute approximate surface area is 311 Å². The lowest BCUT2D eigenvalue weighted by molar-refractivity contribution is -0.457. The number of nitrogens with zero attached hydrogens (tertiary/aromatic N) is 2. The first-order valence-corrected chi connectivity index (χ1v) is 19.2. The Morgan fingerprint density at radius 3 is 2.09 bits per heavy atom. The van der Waals surface area contributed by atoms with Gasteiger partial charge in [0.15, 0.2) is 0 Å². The summed E-state index contributed by atoms with van der Waals surface area (Å²) in [5.74, 6) is 1.78. The van der Waals surface area contributed by atoms with Crippen LogP contribution in [-0.2, 0) is 25.4 Å². The molecule has 16 heteroatoms. The van der Waals surface area contributed by atoms with Gasteiger partial charge in [0.05, 0.1) is 25.9 Å². The SMILES string of the molecule is CCOC(=O)CCCN1CCN(CCCOc2ccc3c(c2)CCC2C3CC[C@@]3(C)C2CC[C@@H]3OCCCOC(C(F)(F)F)(C(F)(F)F)C(F)(F)F)CC1. The monoisotopic (exact) mass is 788 g/mol. The van der Waals surface area contributed by atoms with E-state index < -0.39 is 37.2 Å². The van der Waals surface area contributed by atoms with Crippen LogP contribution in [0.4, 0.5) is 39.5 Å². The third kappa shape index (κ3) is 9.28. The van der Waals surface area contributed by atoms with Crippen LogP contribution in [0.25, 0.3) is 0 Å². The highest BCUT2D eigenvalue weighted by atomic mass is 19.4. The van der Waals surface area contributed by atoms with E-state index in [0.29, 0.717) is 43.8 Å². The minimum atomic E-state index is -6.74. The molecule has 0 amide bonds. The molecular weight excluding hydrogens is 735 g/mol. The Morgan fingerprint density at radius 1 is 0.815 bits per heavy atom. The fraction of sp³-hybridized carbons (Fsp3) is 0.816. The molecule has 3 unspecified atom stereocenters. The van der Waals surface area contributed by atoms with E-state index in [1.165, 1.54) is 11.1 Å². The van der Waals surface area contributed by atoms with Crippen molar-refractivity contribution in [2.45, 2.75) is 114 Å². The molecule has 0 bridgehead atoms. The zero-order valence-corrected chi connectivity index (χ0v) is 31.0. The van der Waals surface area contributed by atoms with Crippen LogP contribution in [-0.4, -0.2) is 112 Å². The van der Waals surface area contributed by atoms with Gasteiger partial charge in [-0.2, -0.15) is 39.5 Å². The largest absolute Gasteiger partial charge is 0.494 e. The van der Waals surface area contributed by atoms with Crippen molar-refractivity contribution < 1.29 is 63.3 Å². The van der Waals surface area contributed by atoms with Crippen LogP contribution in [0.5, 0.6) is 5.75 Å². The predicted octanol–water partition coefficient (Wildman–Crippen LogP) is 8.49. The number of esters is 1. The molecule has 7 nitrogen and oxygen atoms in total. The van der Waals surface area contributed by atoms with Gasteiger partial charge < -0.3 is 28.7 Å². The highest BCUT2D eigenvalue weighted by Crippen LogP contribution is 2.62. The minimum absolute atomic E-state index is 0.136. The molecule has 1 aromatic rings. The van der Waals surface area contributed by atoms with Crippen molar-refractivity contribution in [3.05, 3.63) is 29.3 Å². The van der Waals surface area contributed by atoms with Crippen molar-refractivity contribution in [1.82, 2.24) is 9.80 Å². The smallest absolute Gasteiger partial charge is 0.435 e. The Bertz CT molecular complexity index is 1350. The van der Waals surface area contributed by atoms with Crippen molar-refractivity contribution in [2.24, 2.45) is 17.3 Å². The van der Waals surface area contributed by atoms with E-state index in [1.807, 2.05) is 13.0 Å². The number of ether oxygens (including phenoxy) is 4. The molecule has 5 rings (SSSR count). The summed E-state index contributed by atoms with van der Waals surface area (Å²) in [6.07, 6.45) is -13.8. The van der Waals surface area contributed by atoms with Crippen molar-refractivity contribution >= 4 is 5.97 Å². The Balaban J connectivity index is 1.04. The quantitative estimate of drug-likeness (QED) is 0.0947. The first-order valence-electron chi connectivity index (χ1n) is 19.2. The van der Waals surface area contributed by atoms with Gasteiger partial charge in [0.1, 0.15) is 5.75 Å². The van der Waals surface area contributed by atoms with Gasteiger partial charge in [-0.1, -0.05) is 13.0 Å². The molecule has 1 aromatic carbocycles. The fourth-order valence-electron chi connectivity index (χ4n) is 9.51. The van der Waals surface area contributed by atoms with Gasteiger partial charge in [0.25, 0.3) is 0 Å². The molecule has 1 heterocycles. The van der Waals surface area contributed by atoms with Crippen LogP contribution in [0, 0.1) is 17.3 Å². The van der Waals surface area contributed by atoms with E-state index in [2.05, 4.69) is 33.6 Å². The summed E-state index contributed by atoms with van der Waals surface area (Å²) in [6.45, 7) is 9.04. The third-order valence-corrected chi connectivity index (χ3v) is 12.2. The lowest BCUT2D eigenvalue weighted by Crippen LogP contribution is -2.67. The average molecular weight is 789 g/mol. The number of hydrogen-bond donors (Lipinski definition) is 0. The molecule has 2 saturated carbocycles. The molecule has 3 aliphatic carbocycles. The number of carbonyl (C=O) groups excluding carboxylic acids is 1. The molecule has 0 spiro atoms. The number of rotatable bonds is 16. The first-order chi connectivity index (χ1) is 25.4. The van der Waals surface area contributed by atoms with Crippen molar-refractivity contribution in [2.75, 3.05) is 65.7 Å². The molecule has 0 aromatic heterocycles. The van der Waals surface area contributed by atoms with Crippen LogP contribution >= 0.6 is 0 Å². The van der Waals surface area contributed by atoms with Crippen molar-refractivity contribution in [1.29, 1.82) is 0 Å². The molecule has 0 N–H and O–H groups in total. The summed E-state index contributed by atoms with van der Waals surface area (Å²) in [6, 6.07) is 6.37. The molecule has 3 fully saturated rings. The Kier molecular flexibility index (Phi) is 13.8. The van der Waals surface area contributed by atoms with E-state index in [9.17, 15) is 44.3 Å². The number of alkyl halides is 9. The maximum absolute atomic E-state index is 13.2. The summed E-state index contributed by atoms with van der Waals surface area (Å²) in [5.41, 5.74) is -3.90. The number of fused-ring (bicyclic) bond motifs is 5. The molecule has 4 aliphatic rings. The zero-order valence-electron chi connectivity index (χ0n) is 31.0. The molecule has 308 valence electrons. The molecule has 0 radical (unpaired) electrons. The molecule has 1 aliphatic heterocycles. The third-order valence-electron chi connectivity index (χ3n) is 12.2. The van der Waals surface area contributed by atoms with Crippen LogP contribution in [0.2, 0.25) is 0 Å². The maximum Gasteiger partial charge on any atom is 0.435 e. The summed E-state index contributed by atoms with van der Waals surface area (Å²) in [7, 11) is 0. The molecule has 54 heavy (non-hydrogen) atoms. The molecule has 1 saturated heterocycles. The highest BCUT2D eigenvalue weighted by molar-refractivity contribution is 5.69. The second-order valence-corrected chi connectivity index (χ2v) is 15.4. The van der Waals surface area contributed by atoms with Crippen LogP contribution in [0.1, 0.15) is 88.7 Å².